The first-order chi connectivity index (χ1) is 10.1. The van der Waals surface area contributed by atoms with E-state index >= 15 is 0 Å². The summed E-state index contributed by atoms with van der Waals surface area (Å²) in [6.07, 6.45) is 0. The van der Waals surface area contributed by atoms with Crippen molar-refractivity contribution in [2.45, 2.75) is 12.8 Å². The molecule has 0 aliphatic rings. The summed E-state index contributed by atoms with van der Waals surface area (Å²) >= 11 is 5.88. The summed E-state index contributed by atoms with van der Waals surface area (Å²) in [4.78, 5) is 11.2. The molecular formula is C16H12ClNO3. The normalized spacial score (nSPS) is 12.5. The van der Waals surface area contributed by atoms with Crippen LogP contribution in [-0.2, 0) is 4.79 Å². The molecule has 0 radical (unpaired) electrons. The molecule has 0 bridgehead atoms. The number of carboxylic acids is 1. The molecule has 2 aromatic carbocycles. The molecule has 0 saturated carbocycles. The van der Waals surface area contributed by atoms with Crippen LogP contribution in [0.3, 0.4) is 0 Å². The van der Waals surface area contributed by atoms with Crippen LogP contribution < -0.4 is 0 Å². The Labute approximate surface area is 125 Å². The third kappa shape index (κ3) is 2.38. The van der Waals surface area contributed by atoms with Gasteiger partial charge in [0.2, 0.25) is 0 Å². The van der Waals surface area contributed by atoms with E-state index in [0.717, 1.165) is 10.9 Å². The Morgan fingerprint density at radius 3 is 2.62 bits per heavy atom. The second-order valence-electron chi connectivity index (χ2n) is 4.82. The molecule has 1 atom stereocenters. The van der Waals surface area contributed by atoms with Crippen LogP contribution in [0, 0.1) is 0 Å². The lowest BCUT2D eigenvalue weighted by atomic mass is 9.98. The Balaban J connectivity index is 2.17. The second-order valence-corrected chi connectivity index (χ2v) is 5.26. The van der Waals surface area contributed by atoms with E-state index in [1.807, 2.05) is 24.3 Å². The number of aliphatic carboxylic acids is 1. The number of benzene rings is 2. The van der Waals surface area contributed by atoms with Crippen molar-refractivity contribution in [2.24, 2.45) is 0 Å². The zero-order valence-electron chi connectivity index (χ0n) is 11.2. The standard InChI is InChI=1S/C16H12ClNO3/c1-9(16(19)20)12-3-2-4-13-14(18-21-15(12)13)10-5-7-11(17)8-6-10/h2-9H,1H3,(H,19,20)/t9-/m0/s1. The maximum Gasteiger partial charge on any atom is 0.310 e. The fourth-order valence-corrected chi connectivity index (χ4v) is 2.40. The molecule has 1 aromatic heterocycles. The maximum atomic E-state index is 11.2. The molecule has 0 unspecified atom stereocenters. The molecule has 5 heteroatoms. The first-order valence-corrected chi connectivity index (χ1v) is 6.83. The number of aromatic nitrogens is 1. The van der Waals surface area contributed by atoms with Crippen molar-refractivity contribution >= 4 is 28.5 Å². The van der Waals surface area contributed by atoms with E-state index in [2.05, 4.69) is 5.16 Å². The van der Waals surface area contributed by atoms with Gasteiger partial charge in [-0.05, 0) is 25.1 Å². The molecule has 3 aromatic rings. The van der Waals surface area contributed by atoms with Crippen LogP contribution in [0.25, 0.3) is 22.2 Å². The van der Waals surface area contributed by atoms with Crippen LogP contribution in [0.2, 0.25) is 5.02 Å². The van der Waals surface area contributed by atoms with Gasteiger partial charge in [-0.3, -0.25) is 4.79 Å². The van der Waals surface area contributed by atoms with Gasteiger partial charge in [0, 0.05) is 16.1 Å². The molecule has 0 spiro atoms. The maximum absolute atomic E-state index is 11.2. The van der Waals surface area contributed by atoms with Crippen LogP contribution in [-0.4, -0.2) is 16.2 Å². The number of nitrogens with zero attached hydrogens (tertiary/aromatic N) is 1. The molecular weight excluding hydrogens is 290 g/mol. The van der Waals surface area contributed by atoms with Gasteiger partial charge >= 0.3 is 5.97 Å². The van der Waals surface area contributed by atoms with Crippen molar-refractivity contribution in [3.05, 3.63) is 53.1 Å². The summed E-state index contributed by atoms with van der Waals surface area (Å²) in [6.45, 7) is 1.63. The highest BCUT2D eigenvalue weighted by molar-refractivity contribution is 6.30. The molecule has 1 heterocycles. The van der Waals surface area contributed by atoms with Crippen LogP contribution in [0.4, 0.5) is 0 Å². The molecule has 0 aliphatic heterocycles. The lowest BCUT2D eigenvalue weighted by molar-refractivity contribution is -0.138. The fourth-order valence-electron chi connectivity index (χ4n) is 2.27. The monoisotopic (exact) mass is 301 g/mol. The number of carbonyl (C=O) groups is 1. The molecule has 0 fully saturated rings. The van der Waals surface area contributed by atoms with Crippen molar-refractivity contribution in [3.8, 4) is 11.3 Å². The summed E-state index contributed by atoms with van der Waals surface area (Å²) in [5, 5.41) is 14.7. The summed E-state index contributed by atoms with van der Waals surface area (Å²) in [5.41, 5.74) is 2.68. The Bertz CT molecular complexity index is 808. The van der Waals surface area contributed by atoms with E-state index in [9.17, 15) is 9.90 Å². The highest BCUT2D eigenvalue weighted by atomic mass is 35.5. The third-order valence-corrected chi connectivity index (χ3v) is 3.74. The van der Waals surface area contributed by atoms with Gasteiger partial charge in [-0.25, -0.2) is 0 Å². The van der Waals surface area contributed by atoms with Gasteiger partial charge < -0.3 is 9.63 Å². The van der Waals surface area contributed by atoms with E-state index < -0.39 is 11.9 Å². The summed E-state index contributed by atoms with van der Waals surface area (Å²) in [6, 6.07) is 12.7. The predicted octanol–water partition coefficient (Wildman–Crippen LogP) is 4.34. The van der Waals surface area contributed by atoms with Crippen molar-refractivity contribution in [3.63, 3.8) is 0 Å². The third-order valence-electron chi connectivity index (χ3n) is 3.48. The summed E-state index contributed by atoms with van der Waals surface area (Å²) < 4.78 is 5.39. The van der Waals surface area contributed by atoms with Crippen molar-refractivity contribution in [1.29, 1.82) is 0 Å². The SMILES string of the molecule is C[C@H](C(=O)O)c1cccc2c(-c3ccc(Cl)cc3)noc12. The number of carboxylic acid groups (broad SMARTS) is 1. The Kier molecular flexibility index (Phi) is 3.39. The molecule has 0 aliphatic carbocycles. The van der Waals surface area contributed by atoms with Crippen LogP contribution >= 0.6 is 11.6 Å². The molecule has 106 valence electrons. The number of hydrogen-bond acceptors (Lipinski definition) is 3. The van der Waals surface area contributed by atoms with Crippen LogP contribution in [0.15, 0.2) is 47.0 Å². The number of fused-ring (bicyclic) bond motifs is 1. The molecule has 4 nitrogen and oxygen atoms in total. The first kappa shape index (κ1) is 13.6. The molecule has 1 N–H and O–H groups in total. The zero-order valence-corrected chi connectivity index (χ0v) is 12.0. The van der Waals surface area contributed by atoms with Gasteiger partial charge in [0.05, 0.1) is 11.3 Å². The van der Waals surface area contributed by atoms with Gasteiger partial charge in [0.15, 0.2) is 5.58 Å². The van der Waals surface area contributed by atoms with Gasteiger partial charge in [-0.2, -0.15) is 0 Å². The fraction of sp³-hybridized carbons (Fsp3) is 0.125. The minimum atomic E-state index is -0.896. The number of hydrogen-bond donors (Lipinski definition) is 1. The minimum absolute atomic E-state index is 0.511. The summed E-state index contributed by atoms with van der Waals surface area (Å²) in [5.74, 6) is -1.55. The Morgan fingerprint density at radius 2 is 1.95 bits per heavy atom. The van der Waals surface area contributed by atoms with Crippen molar-refractivity contribution in [1.82, 2.24) is 5.16 Å². The lowest BCUT2D eigenvalue weighted by Gasteiger charge is -2.06. The van der Waals surface area contributed by atoms with Gasteiger partial charge in [-0.1, -0.05) is 41.0 Å². The zero-order chi connectivity index (χ0) is 15.0. The van der Waals surface area contributed by atoms with Crippen molar-refractivity contribution < 1.29 is 14.4 Å². The second kappa shape index (κ2) is 5.22. The van der Waals surface area contributed by atoms with E-state index in [1.54, 1.807) is 25.1 Å². The van der Waals surface area contributed by atoms with Gasteiger partial charge in [0.25, 0.3) is 0 Å². The van der Waals surface area contributed by atoms with E-state index in [4.69, 9.17) is 16.1 Å². The number of halogens is 1. The molecule has 0 saturated heterocycles. The van der Waals surface area contributed by atoms with Crippen LogP contribution in [0.5, 0.6) is 0 Å². The largest absolute Gasteiger partial charge is 0.481 e. The first-order valence-electron chi connectivity index (χ1n) is 6.45. The van der Waals surface area contributed by atoms with Gasteiger partial charge in [-0.15, -0.1) is 0 Å². The molecule has 21 heavy (non-hydrogen) atoms. The quantitative estimate of drug-likeness (QED) is 0.781. The van der Waals surface area contributed by atoms with E-state index in [1.165, 1.54) is 0 Å². The van der Waals surface area contributed by atoms with Crippen LogP contribution in [0.1, 0.15) is 18.4 Å². The number of para-hydroxylation sites is 1. The molecule has 0 amide bonds. The Morgan fingerprint density at radius 1 is 1.24 bits per heavy atom. The van der Waals surface area contributed by atoms with Crippen molar-refractivity contribution in [2.75, 3.05) is 0 Å². The minimum Gasteiger partial charge on any atom is -0.481 e. The highest BCUT2D eigenvalue weighted by Gasteiger charge is 2.21. The summed E-state index contributed by atoms with van der Waals surface area (Å²) in [7, 11) is 0. The van der Waals surface area contributed by atoms with E-state index in [0.29, 0.717) is 21.9 Å². The van der Waals surface area contributed by atoms with E-state index in [-0.39, 0.29) is 0 Å². The predicted molar refractivity (Wildman–Crippen MR) is 80.5 cm³/mol. The van der Waals surface area contributed by atoms with Gasteiger partial charge in [0.1, 0.15) is 5.69 Å². The average molecular weight is 302 g/mol. The number of rotatable bonds is 3. The topological polar surface area (TPSA) is 63.3 Å². The average Bonchev–Trinajstić information content (AvgIpc) is 2.91. The Hall–Kier alpha value is -2.33. The lowest BCUT2D eigenvalue weighted by Crippen LogP contribution is -2.07. The highest BCUT2D eigenvalue weighted by Crippen LogP contribution is 2.33. The molecule has 3 rings (SSSR count). The smallest absolute Gasteiger partial charge is 0.310 e.